The molecule has 16 heavy (non-hydrogen) atoms. The van der Waals surface area contributed by atoms with Crippen molar-refractivity contribution in [2.24, 2.45) is 11.1 Å². The van der Waals surface area contributed by atoms with Crippen LogP contribution in [0.3, 0.4) is 0 Å². The maximum absolute atomic E-state index is 11.5. The van der Waals surface area contributed by atoms with E-state index in [-0.39, 0.29) is 17.4 Å². The van der Waals surface area contributed by atoms with Crippen molar-refractivity contribution in [3.8, 4) is 0 Å². The lowest BCUT2D eigenvalue weighted by atomic mass is 9.85. The minimum Gasteiger partial charge on any atom is -0.364 e. The maximum atomic E-state index is 11.5. The minimum absolute atomic E-state index is 0.0643. The molecule has 1 aromatic rings. The number of carbonyl (C=O) groups is 1. The van der Waals surface area contributed by atoms with Crippen LogP contribution >= 0.6 is 0 Å². The molecule has 0 aromatic carbocycles. The third kappa shape index (κ3) is 4.02. The average molecular weight is 225 g/mol. The Morgan fingerprint density at radius 3 is 2.81 bits per heavy atom. The van der Waals surface area contributed by atoms with Crippen molar-refractivity contribution in [3.63, 3.8) is 0 Å². The first kappa shape index (κ1) is 12.7. The summed E-state index contributed by atoms with van der Waals surface area (Å²) in [6, 6.07) is 1.56. The van der Waals surface area contributed by atoms with Crippen LogP contribution in [-0.2, 0) is 11.3 Å². The number of aromatic nitrogens is 1. The summed E-state index contributed by atoms with van der Waals surface area (Å²) in [5.74, 6) is -0.0644. The van der Waals surface area contributed by atoms with Crippen molar-refractivity contribution in [1.82, 2.24) is 10.5 Å². The smallest absolute Gasteiger partial charge is 0.221 e. The number of carbonyl (C=O) groups excluding carboxylic acids is 1. The van der Waals surface area contributed by atoms with Crippen LogP contribution in [0, 0.1) is 5.41 Å². The molecule has 0 aliphatic heterocycles. The fourth-order valence-electron chi connectivity index (χ4n) is 1.10. The number of hydrogen-bond donors (Lipinski definition) is 2. The van der Waals surface area contributed by atoms with E-state index in [0.29, 0.717) is 18.7 Å². The van der Waals surface area contributed by atoms with E-state index >= 15 is 0 Å². The average Bonchev–Trinajstić information content (AvgIpc) is 2.65. The molecule has 1 aromatic heterocycles. The van der Waals surface area contributed by atoms with E-state index in [1.807, 2.05) is 20.8 Å². The largest absolute Gasteiger partial charge is 0.364 e. The molecule has 3 N–H and O–H groups in total. The third-order valence-electron chi connectivity index (χ3n) is 2.48. The fourth-order valence-corrected chi connectivity index (χ4v) is 1.10. The molecule has 0 radical (unpaired) electrons. The summed E-state index contributed by atoms with van der Waals surface area (Å²) < 4.78 is 4.66. The van der Waals surface area contributed by atoms with E-state index in [9.17, 15) is 4.79 Å². The number of nitrogens with one attached hydrogen (secondary N) is 1. The highest BCUT2D eigenvalue weighted by Crippen LogP contribution is 2.19. The Kier molecular flexibility index (Phi) is 4.06. The Balaban J connectivity index is 2.31. The van der Waals surface area contributed by atoms with Crippen LogP contribution in [0.2, 0.25) is 0 Å². The first-order chi connectivity index (χ1) is 7.39. The zero-order valence-corrected chi connectivity index (χ0v) is 9.99. The number of amides is 1. The molecular weight excluding hydrogens is 206 g/mol. The van der Waals surface area contributed by atoms with Crippen LogP contribution in [0.25, 0.3) is 0 Å². The van der Waals surface area contributed by atoms with Crippen LogP contribution in [0.5, 0.6) is 0 Å². The standard InChI is InChI=1S/C11H19N3O2/c1-11(2,3)9(12)6-10(15)13-7-8-4-5-16-14-8/h4-5,9H,6-7,12H2,1-3H3,(H,13,15). The molecule has 0 spiro atoms. The molecular formula is C11H19N3O2. The van der Waals surface area contributed by atoms with Gasteiger partial charge < -0.3 is 15.6 Å². The zero-order chi connectivity index (χ0) is 12.2. The van der Waals surface area contributed by atoms with Crippen molar-refractivity contribution >= 4 is 5.91 Å². The molecule has 90 valence electrons. The number of nitrogens with zero attached hydrogens (tertiary/aromatic N) is 1. The lowest BCUT2D eigenvalue weighted by Crippen LogP contribution is -2.40. The summed E-state index contributed by atoms with van der Waals surface area (Å²) in [6.07, 6.45) is 1.80. The highest BCUT2D eigenvalue weighted by atomic mass is 16.5. The van der Waals surface area contributed by atoms with Crippen LogP contribution in [-0.4, -0.2) is 17.1 Å². The second kappa shape index (κ2) is 5.12. The Bertz CT molecular complexity index is 327. The van der Waals surface area contributed by atoms with Gasteiger partial charge in [-0.2, -0.15) is 0 Å². The molecule has 1 heterocycles. The summed E-state index contributed by atoms with van der Waals surface area (Å²) in [6.45, 7) is 6.43. The highest BCUT2D eigenvalue weighted by molar-refractivity contribution is 5.76. The van der Waals surface area contributed by atoms with Crippen LogP contribution < -0.4 is 11.1 Å². The minimum atomic E-state index is -0.148. The van der Waals surface area contributed by atoms with Crippen molar-refractivity contribution in [2.75, 3.05) is 0 Å². The summed E-state index contributed by atoms with van der Waals surface area (Å²) >= 11 is 0. The summed E-state index contributed by atoms with van der Waals surface area (Å²) in [5, 5.41) is 6.44. The predicted molar refractivity (Wildman–Crippen MR) is 60.4 cm³/mol. The third-order valence-corrected chi connectivity index (χ3v) is 2.48. The number of rotatable bonds is 4. The molecule has 1 unspecified atom stereocenters. The quantitative estimate of drug-likeness (QED) is 0.802. The van der Waals surface area contributed by atoms with E-state index in [1.54, 1.807) is 6.07 Å². The van der Waals surface area contributed by atoms with Crippen LogP contribution in [0.15, 0.2) is 16.9 Å². The van der Waals surface area contributed by atoms with Gasteiger partial charge in [-0.1, -0.05) is 25.9 Å². The zero-order valence-electron chi connectivity index (χ0n) is 9.99. The van der Waals surface area contributed by atoms with Gasteiger partial charge in [0.25, 0.3) is 0 Å². The second-order valence-corrected chi connectivity index (χ2v) is 4.94. The van der Waals surface area contributed by atoms with Gasteiger partial charge in [-0.25, -0.2) is 0 Å². The molecule has 1 amide bonds. The van der Waals surface area contributed by atoms with Crippen molar-refractivity contribution in [2.45, 2.75) is 39.8 Å². The molecule has 1 rings (SSSR count). The highest BCUT2D eigenvalue weighted by Gasteiger charge is 2.22. The van der Waals surface area contributed by atoms with Gasteiger partial charge in [0.05, 0.1) is 6.54 Å². The Morgan fingerprint density at radius 2 is 2.31 bits per heavy atom. The molecule has 5 heteroatoms. The molecule has 0 fully saturated rings. The Morgan fingerprint density at radius 1 is 1.62 bits per heavy atom. The van der Waals surface area contributed by atoms with Gasteiger partial charge in [-0.3, -0.25) is 4.79 Å². The molecule has 5 nitrogen and oxygen atoms in total. The van der Waals surface area contributed by atoms with E-state index < -0.39 is 0 Å². The van der Waals surface area contributed by atoms with Crippen LogP contribution in [0.4, 0.5) is 0 Å². The van der Waals surface area contributed by atoms with E-state index in [4.69, 9.17) is 5.73 Å². The van der Waals surface area contributed by atoms with Gasteiger partial charge >= 0.3 is 0 Å². The number of nitrogens with two attached hydrogens (primary N) is 1. The van der Waals surface area contributed by atoms with Crippen molar-refractivity contribution in [1.29, 1.82) is 0 Å². The van der Waals surface area contributed by atoms with E-state index in [0.717, 1.165) is 0 Å². The van der Waals surface area contributed by atoms with Gasteiger partial charge in [-0.05, 0) is 5.41 Å². The van der Waals surface area contributed by atoms with Gasteiger partial charge in [0.15, 0.2) is 0 Å². The van der Waals surface area contributed by atoms with E-state index in [2.05, 4.69) is 15.0 Å². The lowest BCUT2D eigenvalue weighted by molar-refractivity contribution is -0.122. The molecule has 0 saturated carbocycles. The van der Waals surface area contributed by atoms with Crippen molar-refractivity contribution < 1.29 is 9.32 Å². The van der Waals surface area contributed by atoms with Gasteiger partial charge in [0.1, 0.15) is 12.0 Å². The maximum Gasteiger partial charge on any atom is 0.221 e. The first-order valence-corrected chi connectivity index (χ1v) is 5.31. The Labute approximate surface area is 95.4 Å². The molecule has 1 atom stereocenters. The number of hydrogen-bond acceptors (Lipinski definition) is 4. The first-order valence-electron chi connectivity index (χ1n) is 5.31. The topological polar surface area (TPSA) is 81.2 Å². The van der Waals surface area contributed by atoms with Crippen molar-refractivity contribution in [3.05, 3.63) is 18.0 Å². The molecule has 0 bridgehead atoms. The summed E-state index contributed by atoms with van der Waals surface area (Å²) in [5.41, 5.74) is 6.55. The molecule has 0 saturated heterocycles. The van der Waals surface area contributed by atoms with Crippen LogP contribution in [0.1, 0.15) is 32.9 Å². The molecule has 0 aliphatic rings. The van der Waals surface area contributed by atoms with E-state index in [1.165, 1.54) is 6.26 Å². The van der Waals surface area contributed by atoms with Gasteiger partial charge in [-0.15, -0.1) is 0 Å². The SMILES string of the molecule is CC(C)(C)C(N)CC(=O)NCc1ccon1. The Hall–Kier alpha value is -1.36. The molecule has 0 aliphatic carbocycles. The monoisotopic (exact) mass is 225 g/mol. The predicted octanol–water partition coefficient (Wildman–Crippen LogP) is 1.05. The summed E-state index contributed by atoms with van der Waals surface area (Å²) in [4.78, 5) is 11.5. The second-order valence-electron chi connectivity index (χ2n) is 4.94. The lowest BCUT2D eigenvalue weighted by Gasteiger charge is -2.26. The fraction of sp³-hybridized carbons (Fsp3) is 0.636. The normalized spacial score (nSPS) is 13.5. The summed E-state index contributed by atoms with van der Waals surface area (Å²) in [7, 11) is 0. The van der Waals surface area contributed by atoms with Gasteiger partial charge in [0, 0.05) is 18.5 Å². The van der Waals surface area contributed by atoms with Gasteiger partial charge in [0.2, 0.25) is 5.91 Å².